The van der Waals surface area contributed by atoms with Gasteiger partial charge in [-0.15, -0.1) is 0 Å². The number of allylic oxidation sites excluding steroid dienone is 2. The maximum atomic E-state index is 2.85. The fraction of sp³-hybridized carbons (Fsp3) is 0.959. The first-order valence-corrected chi connectivity index (χ1v) is 23.9. The third-order valence-corrected chi connectivity index (χ3v) is 12.6. The van der Waals surface area contributed by atoms with Crippen LogP contribution in [-0.2, 0) is 0 Å². The van der Waals surface area contributed by atoms with E-state index in [9.17, 15) is 0 Å². The van der Waals surface area contributed by atoms with Gasteiger partial charge in [-0.05, 0) is 42.9 Å². The van der Waals surface area contributed by atoms with Crippen molar-refractivity contribution in [3.63, 3.8) is 0 Å². The molecule has 0 heteroatoms. The van der Waals surface area contributed by atoms with E-state index in [-0.39, 0.29) is 0 Å². The summed E-state index contributed by atoms with van der Waals surface area (Å²) in [5.74, 6) is 0. The van der Waals surface area contributed by atoms with Gasteiger partial charge in [-0.3, -0.25) is 0 Å². The zero-order valence-electron chi connectivity index (χ0n) is 35.1. The number of rotatable bonds is 40. The zero-order chi connectivity index (χ0) is 35.4. The molecule has 0 unspecified atom stereocenters. The Morgan fingerprint density at radius 1 is 0.245 bits per heavy atom. The Morgan fingerprint density at radius 3 is 0.592 bits per heavy atom. The fourth-order valence-electron chi connectivity index (χ4n) is 9.26. The van der Waals surface area contributed by atoms with Crippen molar-refractivity contribution in [2.75, 3.05) is 0 Å². The average molecular weight is 685 g/mol. The highest BCUT2D eigenvalue weighted by Gasteiger charge is 2.42. The molecule has 49 heavy (non-hydrogen) atoms. The summed E-state index contributed by atoms with van der Waals surface area (Å²) in [5, 5.41) is 0. The summed E-state index contributed by atoms with van der Waals surface area (Å²) >= 11 is 0. The Hall–Kier alpha value is -0.260. The molecule has 0 radical (unpaired) electrons. The standard InChI is InChI=1S/C49H96/c1-5-9-13-17-21-25-29-33-37-41-48(42-38-34-30-26-22-18-14-10-6-2)45-46-49(47-48,43-39-35-31-27-23-19-15-11-7-3)44-40-36-32-28-24-20-16-12-8-4/h45-46H,5-44,47H2,1-4H3. The Bertz CT molecular complexity index is 572. The molecule has 292 valence electrons. The van der Waals surface area contributed by atoms with Crippen LogP contribution in [0.3, 0.4) is 0 Å². The Balaban J connectivity index is 2.68. The Labute approximate surface area is 313 Å². The first-order chi connectivity index (χ1) is 24.2. The lowest BCUT2D eigenvalue weighted by atomic mass is 9.69. The Morgan fingerprint density at radius 2 is 0.408 bits per heavy atom. The van der Waals surface area contributed by atoms with Crippen LogP contribution in [0.1, 0.15) is 291 Å². The molecule has 0 bridgehead atoms. The van der Waals surface area contributed by atoms with Gasteiger partial charge in [-0.1, -0.05) is 271 Å². The third kappa shape index (κ3) is 27.1. The van der Waals surface area contributed by atoms with Crippen molar-refractivity contribution in [3.8, 4) is 0 Å². The molecule has 0 spiro atoms. The van der Waals surface area contributed by atoms with Gasteiger partial charge in [0.15, 0.2) is 0 Å². The second-order valence-corrected chi connectivity index (χ2v) is 17.5. The Kier molecular flexibility index (Phi) is 33.2. The maximum absolute atomic E-state index is 2.85. The molecule has 1 aliphatic rings. The second-order valence-electron chi connectivity index (χ2n) is 17.5. The smallest absolute Gasteiger partial charge is 0.0110 e. The van der Waals surface area contributed by atoms with E-state index in [2.05, 4.69) is 39.8 Å². The molecular formula is C49H96. The van der Waals surface area contributed by atoms with E-state index in [1.54, 1.807) is 0 Å². The van der Waals surface area contributed by atoms with Crippen LogP contribution in [0.4, 0.5) is 0 Å². The summed E-state index contributed by atoms with van der Waals surface area (Å²) < 4.78 is 0. The summed E-state index contributed by atoms with van der Waals surface area (Å²) in [7, 11) is 0. The molecular weight excluding hydrogens is 589 g/mol. The van der Waals surface area contributed by atoms with Crippen molar-refractivity contribution < 1.29 is 0 Å². The van der Waals surface area contributed by atoms with Gasteiger partial charge in [0.05, 0.1) is 0 Å². The van der Waals surface area contributed by atoms with E-state index in [1.807, 2.05) is 0 Å². The van der Waals surface area contributed by atoms with E-state index < -0.39 is 0 Å². The molecule has 0 aliphatic heterocycles. The lowest BCUT2D eigenvalue weighted by Crippen LogP contribution is -2.24. The average Bonchev–Trinajstić information content (AvgIpc) is 3.47. The molecule has 0 aromatic carbocycles. The van der Waals surface area contributed by atoms with Crippen molar-refractivity contribution >= 4 is 0 Å². The van der Waals surface area contributed by atoms with E-state index in [4.69, 9.17) is 0 Å². The number of unbranched alkanes of at least 4 members (excludes halogenated alkanes) is 32. The van der Waals surface area contributed by atoms with Gasteiger partial charge < -0.3 is 0 Å². The highest BCUT2D eigenvalue weighted by atomic mass is 14.5. The van der Waals surface area contributed by atoms with Crippen LogP contribution in [0.5, 0.6) is 0 Å². The molecule has 1 rings (SSSR count). The van der Waals surface area contributed by atoms with Crippen molar-refractivity contribution in [2.24, 2.45) is 10.8 Å². The summed E-state index contributed by atoms with van der Waals surface area (Å²) in [6.07, 6.45) is 65.6. The first kappa shape index (κ1) is 46.8. The molecule has 0 saturated carbocycles. The van der Waals surface area contributed by atoms with Crippen molar-refractivity contribution in [2.45, 2.75) is 291 Å². The predicted molar refractivity (Wildman–Crippen MR) is 226 cm³/mol. The minimum Gasteiger partial charge on any atom is -0.0817 e. The lowest BCUT2D eigenvalue weighted by molar-refractivity contribution is 0.183. The van der Waals surface area contributed by atoms with Gasteiger partial charge in [-0.2, -0.15) is 0 Å². The van der Waals surface area contributed by atoms with Gasteiger partial charge >= 0.3 is 0 Å². The van der Waals surface area contributed by atoms with Crippen LogP contribution in [0, 0.1) is 10.8 Å². The van der Waals surface area contributed by atoms with Crippen LogP contribution >= 0.6 is 0 Å². The van der Waals surface area contributed by atoms with Crippen LogP contribution in [-0.4, -0.2) is 0 Å². The molecule has 0 fully saturated rings. The summed E-state index contributed by atoms with van der Waals surface area (Å²) in [6, 6.07) is 0. The van der Waals surface area contributed by atoms with Crippen molar-refractivity contribution in [1.82, 2.24) is 0 Å². The zero-order valence-corrected chi connectivity index (χ0v) is 35.1. The van der Waals surface area contributed by atoms with Crippen molar-refractivity contribution in [1.29, 1.82) is 0 Å². The van der Waals surface area contributed by atoms with Crippen LogP contribution in [0.15, 0.2) is 12.2 Å². The summed E-state index contributed by atoms with van der Waals surface area (Å²) in [6.45, 7) is 9.35. The van der Waals surface area contributed by atoms with Crippen LogP contribution in [0.25, 0.3) is 0 Å². The van der Waals surface area contributed by atoms with Gasteiger partial charge in [0.25, 0.3) is 0 Å². The molecule has 0 aromatic heterocycles. The molecule has 0 saturated heterocycles. The summed E-state index contributed by atoms with van der Waals surface area (Å²) in [5.41, 5.74) is 1.03. The molecule has 0 heterocycles. The largest absolute Gasteiger partial charge is 0.0817 e. The molecule has 0 atom stereocenters. The van der Waals surface area contributed by atoms with E-state index >= 15 is 0 Å². The van der Waals surface area contributed by atoms with Crippen molar-refractivity contribution in [3.05, 3.63) is 12.2 Å². The van der Waals surface area contributed by atoms with Gasteiger partial charge in [0.1, 0.15) is 0 Å². The van der Waals surface area contributed by atoms with E-state index in [1.165, 1.54) is 263 Å². The van der Waals surface area contributed by atoms with Gasteiger partial charge in [-0.25, -0.2) is 0 Å². The fourth-order valence-corrected chi connectivity index (χ4v) is 9.26. The molecule has 0 N–H and O–H groups in total. The lowest BCUT2D eigenvalue weighted by Gasteiger charge is -2.36. The molecule has 0 amide bonds. The quantitative estimate of drug-likeness (QED) is 0.0445. The third-order valence-electron chi connectivity index (χ3n) is 12.6. The topological polar surface area (TPSA) is 0 Å². The minimum absolute atomic E-state index is 0.515. The van der Waals surface area contributed by atoms with Gasteiger partial charge in [0, 0.05) is 0 Å². The van der Waals surface area contributed by atoms with E-state index in [0.717, 1.165) is 0 Å². The van der Waals surface area contributed by atoms with Crippen LogP contribution in [0.2, 0.25) is 0 Å². The maximum Gasteiger partial charge on any atom is -0.0110 e. The SMILES string of the molecule is CCCCCCCCCCCC1(CCCCCCCCCCC)C=CC(CCCCCCCCCCC)(CCCCCCCCCCC)C1. The van der Waals surface area contributed by atoms with Crippen LogP contribution < -0.4 is 0 Å². The van der Waals surface area contributed by atoms with Gasteiger partial charge in [0.2, 0.25) is 0 Å². The minimum atomic E-state index is 0.515. The predicted octanol–water partition coefficient (Wildman–Crippen LogP) is 18.6. The first-order valence-electron chi connectivity index (χ1n) is 23.9. The molecule has 0 nitrogen and oxygen atoms in total. The monoisotopic (exact) mass is 685 g/mol. The normalized spacial score (nSPS) is 15.1. The summed E-state index contributed by atoms with van der Waals surface area (Å²) in [4.78, 5) is 0. The highest BCUT2D eigenvalue weighted by molar-refractivity contribution is 5.17. The number of hydrogen-bond acceptors (Lipinski definition) is 0. The van der Waals surface area contributed by atoms with E-state index in [0.29, 0.717) is 10.8 Å². The molecule has 0 aromatic rings. The highest BCUT2D eigenvalue weighted by Crippen LogP contribution is 2.54. The number of hydrogen-bond donors (Lipinski definition) is 0. The second kappa shape index (κ2) is 34.8. The molecule has 1 aliphatic carbocycles.